The second-order valence-corrected chi connectivity index (χ2v) is 7.37. The third-order valence-electron chi connectivity index (χ3n) is 5.04. The summed E-state index contributed by atoms with van der Waals surface area (Å²) in [6.07, 6.45) is 7.06. The number of rotatable bonds is 12. The number of hydrogen-bond acceptors (Lipinski definition) is 5. The molecule has 1 aliphatic rings. The van der Waals surface area contributed by atoms with Crippen molar-refractivity contribution in [2.45, 2.75) is 64.9 Å². The number of ether oxygens (including phenoxy) is 3. The van der Waals surface area contributed by atoms with Gasteiger partial charge >= 0.3 is 5.97 Å². The fraction of sp³-hybridized carbons (Fsp3) is 0.652. The van der Waals surface area contributed by atoms with Crippen molar-refractivity contribution >= 4 is 11.9 Å². The van der Waals surface area contributed by atoms with E-state index in [1.54, 1.807) is 11.8 Å². The molecule has 0 N–H and O–H groups in total. The van der Waals surface area contributed by atoms with Gasteiger partial charge in [0.15, 0.2) is 0 Å². The fourth-order valence-corrected chi connectivity index (χ4v) is 3.38. The number of morpholine rings is 1. The van der Waals surface area contributed by atoms with Crippen molar-refractivity contribution in [1.82, 2.24) is 4.90 Å². The maximum Gasteiger partial charge on any atom is 0.315 e. The molecule has 1 amide bonds. The van der Waals surface area contributed by atoms with Crippen LogP contribution in [0.25, 0.3) is 0 Å². The lowest BCUT2D eigenvalue weighted by atomic mass is 10.1. The van der Waals surface area contributed by atoms with Crippen LogP contribution in [-0.4, -0.2) is 49.7 Å². The molecule has 2 rings (SSSR count). The number of carbonyl (C=O) groups excluding carboxylic acids is 2. The number of esters is 1. The molecule has 1 aromatic rings. The molecule has 162 valence electrons. The largest absolute Gasteiger partial charge is 0.494 e. The fourth-order valence-electron chi connectivity index (χ4n) is 3.38. The molecule has 0 radical (unpaired) electrons. The average Bonchev–Trinajstić information content (AvgIpc) is 2.74. The maximum atomic E-state index is 12.3. The molecule has 1 saturated heterocycles. The molecule has 1 unspecified atom stereocenters. The van der Waals surface area contributed by atoms with E-state index in [4.69, 9.17) is 14.2 Å². The summed E-state index contributed by atoms with van der Waals surface area (Å²) in [5.74, 6) is 0.163. The Balaban J connectivity index is 1.75. The molecule has 0 bridgehead atoms. The second kappa shape index (κ2) is 13.2. The molecule has 1 heterocycles. The van der Waals surface area contributed by atoms with Crippen LogP contribution in [0, 0.1) is 0 Å². The highest BCUT2D eigenvalue weighted by atomic mass is 16.5. The predicted octanol–water partition coefficient (Wildman–Crippen LogP) is 4.28. The first-order valence-electron chi connectivity index (χ1n) is 10.9. The van der Waals surface area contributed by atoms with Crippen molar-refractivity contribution in [2.24, 2.45) is 0 Å². The molecular formula is C23H35NO5. The molecule has 1 atom stereocenters. The number of carbonyl (C=O) groups is 2. The summed E-state index contributed by atoms with van der Waals surface area (Å²) in [6.45, 7) is 6.37. The normalized spacial score (nSPS) is 16.5. The van der Waals surface area contributed by atoms with E-state index in [1.165, 1.54) is 32.1 Å². The molecular weight excluding hydrogens is 370 g/mol. The van der Waals surface area contributed by atoms with Crippen molar-refractivity contribution in [3.63, 3.8) is 0 Å². The Bertz CT molecular complexity index is 616. The molecule has 1 fully saturated rings. The lowest BCUT2D eigenvalue weighted by Gasteiger charge is -2.33. The van der Waals surface area contributed by atoms with Gasteiger partial charge in [0.1, 0.15) is 18.3 Å². The molecule has 0 saturated carbocycles. The Kier molecular flexibility index (Phi) is 10.6. The van der Waals surface area contributed by atoms with Gasteiger partial charge in [0.2, 0.25) is 5.91 Å². The average molecular weight is 406 g/mol. The minimum Gasteiger partial charge on any atom is -0.494 e. The smallest absolute Gasteiger partial charge is 0.315 e. The van der Waals surface area contributed by atoms with Crippen LogP contribution in [0.3, 0.4) is 0 Å². The van der Waals surface area contributed by atoms with Gasteiger partial charge in [-0.2, -0.15) is 0 Å². The summed E-state index contributed by atoms with van der Waals surface area (Å²) < 4.78 is 16.5. The molecule has 0 spiro atoms. The van der Waals surface area contributed by atoms with Crippen LogP contribution in [0.4, 0.5) is 0 Å². The summed E-state index contributed by atoms with van der Waals surface area (Å²) in [5, 5.41) is 0. The van der Waals surface area contributed by atoms with E-state index in [-0.39, 0.29) is 25.0 Å². The van der Waals surface area contributed by atoms with Gasteiger partial charge in [0.25, 0.3) is 0 Å². The summed E-state index contributed by atoms with van der Waals surface area (Å²) in [6, 6.07) is 7.88. The topological polar surface area (TPSA) is 65.1 Å². The Morgan fingerprint density at radius 2 is 1.79 bits per heavy atom. The van der Waals surface area contributed by atoms with E-state index in [0.717, 1.165) is 24.3 Å². The third-order valence-corrected chi connectivity index (χ3v) is 5.04. The van der Waals surface area contributed by atoms with Crippen LogP contribution in [0.1, 0.15) is 70.5 Å². The lowest BCUT2D eigenvalue weighted by Crippen LogP contribution is -2.43. The second-order valence-electron chi connectivity index (χ2n) is 7.37. The van der Waals surface area contributed by atoms with E-state index < -0.39 is 5.97 Å². The van der Waals surface area contributed by atoms with Crippen LogP contribution >= 0.6 is 0 Å². The standard InChI is InChI=1S/C23H35NO5/c1-3-5-6-7-8-9-15-28-20-12-10-19(11-13-20)21-18-24(14-16-29-21)22(25)17-23(26)27-4-2/h10-13,21H,3-9,14-18H2,1-2H3. The SMILES string of the molecule is CCCCCCCCOc1ccc(C2CN(C(=O)CC(=O)OCC)CCO2)cc1. The summed E-state index contributed by atoms with van der Waals surface area (Å²) in [4.78, 5) is 25.5. The molecule has 6 heteroatoms. The number of unbranched alkanes of at least 4 members (excludes halogenated alkanes) is 5. The first-order chi connectivity index (χ1) is 14.1. The highest BCUT2D eigenvalue weighted by Crippen LogP contribution is 2.25. The minimum atomic E-state index is -0.479. The monoisotopic (exact) mass is 405 g/mol. The number of hydrogen-bond donors (Lipinski definition) is 0. The van der Waals surface area contributed by atoms with Gasteiger partial charge in [-0.05, 0) is 31.0 Å². The quantitative estimate of drug-likeness (QED) is 0.295. The summed E-state index contributed by atoms with van der Waals surface area (Å²) >= 11 is 0. The Morgan fingerprint density at radius 3 is 2.52 bits per heavy atom. The van der Waals surface area contributed by atoms with Crippen molar-refractivity contribution < 1.29 is 23.8 Å². The van der Waals surface area contributed by atoms with Gasteiger partial charge in [-0.25, -0.2) is 0 Å². The Labute approximate surface area is 174 Å². The van der Waals surface area contributed by atoms with E-state index in [2.05, 4.69) is 6.92 Å². The predicted molar refractivity (Wildman–Crippen MR) is 112 cm³/mol. The third kappa shape index (κ3) is 8.44. The molecule has 29 heavy (non-hydrogen) atoms. The zero-order valence-corrected chi connectivity index (χ0v) is 17.9. The van der Waals surface area contributed by atoms with Crippen LogP contribution in [-0.2, 0) is 19.1 Å². The van der Waals surface area contributed by atoms with Gasteiger partial charge in [-0.15, -0.1) is 0 Å². The minimum absolute atomic E-state index is 0.192. The van der Waals surface area contributed by atoms with E-state index in [0.29, 0.717) is 19.7 Å². The zero-order valence-electron chi connectivity index (χ0n) is 17.9. The van der Waals surface area contributed by atoms with Crippen molar-refractivity contribution in [3.8, 4) is 5.75 Å². The lowest BCUT2D eigenvalue weighted by molar-refractivity contribution is -0.151. The van der Waals surface area contributed by atoms with E-state index in [1.807, 2.05) is 24.3 Å². The number of nitrogens with zero attached hydrogens (tertiary/aromatic N) is 1. The van der Waals surface area contributed by atoms with Crippen molar-refractivity contribution in [1.29, 1.82) is 0 Å². The van der Waals surface area contributed by atoms with Gasteiger partial charge in [0.05, 0.1) is 26.4 Å². The number of amides is 1. The maximum absolute atomic E-state index is 12.3. The first kappa shape index (κ1) is 23.2. The van der Waals surface area contributed by atoms with Crippen molar-refractivity contribution in [2.75, 3.05) is 32.9 Å². The molecule has 0 aliphatic carbocycles. The first-order valence-corrected chi connectivity index (χ1v) is 10.9. The molecule has 1 aliphatic heterocycles. The van der Waals surface area contributed by atoms with Crippen LogP contribution < -0.4 is 4.74 Å². The van der Waals surface area contributed by atoms with Gasteiger partial charge in [-0.3, -0.25) is 9.59 Å². The zero-order chi connectivity index (χ0) is 20.9. The van der Waals surface area contributed by atoms with Crippen molar-refractivity contribution in [3.05, 3.63) is 29.8 Å². The molecule has 6 nitrogen and oxygen atoms in total. The van der Waals surface area contributed by atoms with Gasteiger partial charge < -0.3 is 19.1 Å². The highest BCUT2D eigenvalue weighted by Gasteiger charge is 2.26. The Morgan fingerprint density at radius 1 is 1.07 bits per heavy atom. The highest BCUT2D eigenvalue weighted by molar-refractivity contribution is 5.94. The summed E-state index contributed by atoms with van der Waals surface area (Å²) in [5.41, 5.74) is 1.01. The van der Waals surface area contributed by atoms with Crippen LogP contribution in [0.15, 0.2) is 24.3 Å². The summed E-state index contributed by atoms with van der Waals surface area (Å²) in [7, 11) is 0. The van der Waals surface area contributed by atoms with Crippen LogP contribution in [0.5, 0.6) is 5.75 Å². The van der Waals surface area contributed by atoms with E-state index in [9.17, 15) is 9.59 Å². The van der Waals surface area contributed by atoms with Gasteiger partial charge in [0, 0.05) is 6.54 Å². The molecule has 0 aromatic heterocycles. The Hall–Kier alpha value is -2.08. The van der Waals surface area contributed by atoms with E-state index >= 15 is 0 Å². The number of benzene rings is 1. The van der Waals surface area contributed by atoms with Gasteiger partial charge in [-0.1, -0.05) is 51.2 Å². The van der Waals surface area contributed by atoms with Crippen LogP contribution in [0.2, 0.25) is 0 Å². The molecule has 1 aromatic carbocycles.